The number of quaternary nitrogens is 1. The predicted octanol–water partition coefficient (Wildman–Crippen LogP) is 1.44. The highest BCUT2D eigenvalue weighted by molar-refractivity contribution is 5.39. The Morgan fingerprint density at radius 3 is 2.19 bits per heavy atom. The van der Waals surface area contributed by atoms with Gasteiger partial charge in [0.05, 0.1) is 13.2 Å². The first-order valence-electron chi connectivity index (χ1n) is 6.04. The van der Waals surface area contributed by atoms with Crippen LogP contribution in [0, 0.1) is 0 Å². The topological polar surface area (TPSA) is 35.1 Å². The molecular formula is C13H22NO2+. The maximum absolute atomic E-state index is 5.68. The average molecular weight is 224 g/mol. The van der Waals surface area contributed by atoms with Gasteiger partial charge in [-0.25, -0.2) is 0 Å². The minimum atomic E-state index is 0.723. The van der Waals surface area contributed by atoms with Crippen LogP contribution < -0.4 is 14.8 Å². The number of rotatable bonds is 8. The van der Waals surface area contributed by atoms with Gasteiger partial charge >= 0.3 is 0 Å². The van der Waals surface area contributed by atoms with Crippen molar-refractivity contribution < 1.29 is 14.8 Å². The third-order valence-electron chi connectivity index (χ3n) is 2.18. The van der Waals surface area contributed by atoms with Gasteiger partial charge in [-0.05, 0) is 25.5 Å². The molecule has 2 N–H and O–H groups in total. The summed E-state index contributed by atoms with van der Waals surface area (Å²) in [5.74, 6) is 1.70. The molecule has 1 rings (SSSR count). The monoisotopic (exact) mass is 224 g/mol. The molecule has 0 unspecified atom stereocenters. The Labute approximate surface area is 97.8 Å². The van der Waals surface area contributed by atoms with Gasteiger partial charge < -0.3 is 14.8 Å². The van der Waals surface area contributed by atoms with E-state index in [4.69, 9.17) is 9.47 Å². The maximum Gasteiger partial charge on any atom is 0.161 e. The van der Waals surface area contributed by atoms with Crippen molar-refractivity contribution in [1.29, 1.82) is 0 Å². The zero-order valence-electron chi connectivity index (χ0n) is 10.2. The van der Waals surface area contributed by atoms with Gasteiger partial charge in [-0.1, -0.05) is 19.1 Å². The first-order chi connectivity index (χ1) is 7.88. The van der Waals surface area contributed by atoms with E-state index in [1.54, 1.807) is 0 Å². The summed E-state index contributed by atoms with van der Waals surface area (Å²) in [7, 11) is 0. The molecule has 0 radical (unpaired) electrons. The fourth-order valence-corrected chi connectivity index (χ4v) is 1.36. The highest BCUT2D eigenvalue weighted by atomic mass is 16.5. The van der Waals surface area contributed by atoms with E-state index in [1.165, 1.54) is 0 Å². The summed E-state index contributed by atoms with van der Waals surface area (Å²) in [6.07, 6.45) is 1.01. The molecule has 0 fully saturated rings. The van der Waals surface area contributed by atoms with Crippen molar-refractivity contribution in [1.82, 2.24) is 0 Å². The van der Waals surface area contributed by atoms with Crippen LogP contribution >= 0.6 is 0 Å². The largest absolute Gasteiger partial charge is 0.490 e. The fraction of sp³-hybridized carbons (Fsp3) is 0.538. The first-order valence-corrected chi connectivity index (χ1v) is 6.04. The van der Waals surface area contributed by atoms with Gasteiger partial charge in [-0.2, -0.15) is 0 Å². The standard InChI is InChI=1S/C13H21NO2/c1-3-10-15-12-7-5-6-8-13(12)16-11-9-14-4-2/h5-8,14H,3-4,9-11H2,1-2H3/p+1. The van der Waals surface area contributed by atoms with E-state index >= 15 is 0 Å². The molecule has 0 saturated heterocycles. The molecule has 1 aromatic carbocycles. The molecule has 1 aromatic rings. The lowest BCUT2D eigenvalue weighted by Gasteiger charge is -2.11. The summed E-state index contributed by atoms with van der Waals surface area (Å²) in [4.78, 5) is 0. The molecule has 3 nitrogen and oxygen atoms in total. The summed E-state index contributed by atoms with van der Waals surface area (Å²) >= 11 is 0. The summed E-state index contributed by atoms with van der Waals surface area (Å²) in [5.41, 5.74) is 0. The van der Waals surface area contributed by atoms with Gasteiger partial charge in [0.2, 0.25) is 0 Å². The molecule has 0 spiro atoms. The van der Waals surface area contributed by atoms with Crippen LogP contribution in [0.5, 0.6) is 11.5 Å². The normalized spacial score (nSPS) is 10.1. The minimum Gasteiger partial charge on any atom is -0.490 e. The van der Waals surface area contributed by atoms with Crippen molar-refractivity contribution in [2.75, 3.05) is 26.3 Å². The zero-order valence-corrected chi connectivity index (χ0v) is 10.2. The second-order valence-corrected chi connectivity index (χ2v) is 3.63. The molecule has 0 heterocycles. The fourth-order valence-electron chi connectivity index (χ4n) is 1.36. The maximum atomic E-state index is 5.68. The molecule has 90 valence electrons. The number of hydrogen-bond acceptors (Lipinski definition) is 2. The Hall–Kier alpha value is -1.22. The van der Waals surface area contributed by atoms with Crippen molar-refractivity contribution in [2.45, 2.75) is 20.3 Å². The van der Waals surface area contributed by atoms with Crippen LogP contribution in [0.4, 0.5) is 0 Å². The smallest absolute Gasteiger partial charge is 0.161 e. The first kappa shape index (κ1) is 12.8. The number of benzene rings is 1. The van der Waals surface area contributed by atoms with Crippen molar-refractivity contribution in [3.63, 3.8) is 0 Å². The van der Waals surface area contributed by atoms with Gasteiger partial charge in [0.15, 0.2) is 11.5 Å². The van der Waals surface area contributed by atoms with Gasteiger partial charge in [-0.15, -0.1) is 0 Å². The van der Waals surface area contributed by atoms with Crippen LogP contribution in [-0.2, 0) is 0 Å². The Bertz CT molecular complexity index is 289. The van der Waals surface area contributed by atoms with Crippen molar-refractivity contribution in [3.05, 3.63) is 24.3 Å². The average Bonchev–Trinajstić information content (AvgIpc) is 2.33. The molecule has 3 heteroatoms. The number of para-hydroxylation sites is 2. The number of likely N-dealkylation sites (N-methyl/N-ethyl adjacent to an activating group) is 1. The van der Waals surface area contributed by atoms with Crippen LogP contribution in [0.25, 0.3) is 0 Å². The lowest BCUT2D eigenvalue weighted by molar-refractivity contribution is -0.652. The Balaban J connectivity index is 2.43. The quantitative estimate of drug-likeness (QED) is 0.678. The second kappa shape index (κ2) is 7.99. The Kier molecular flexibility index (Phi) is 6.42. The Morgan fingerprint density at radius 1 is 1.00 bits per heavy atom. The SMILES string of the molecule is CCCOc1ccccc1OCC[NH2+]CC. The molecule has 16 heavy (non-hydrogen) atoms. The lowest BCUT2D eigenvalue weighted by Crippen LogP contribution is -2.84. The van der Waals surface area contributed by atoms with Gasteiger partial charge in [0.1, 0.15) is 13.2 Å². The molecule has 0 bridgehead atoms. The van der Waals surface area contributed by atoms with E-state index in [1.807, 2.05) is 24.3 Å². The predicted molar refractivity (Wildman–Crippen MR) is 65.1 cm³/mol. The number of hydrogen-bond donors (Lipinski definition) is 1. The van der Waals surface area contributed by atoms with E-state index in [0.717, 1.165) is 44.2 Å². The van der Waals surface area contributed by atoms with Crippen molar-refractivity contribution in [3.8, 4) is 11.5 Å². The number of nitrogens with two attached hydrogens (primary N) is 1. The summed E-state index contributed by atoms with van der Waals surface area (Å²) in [5, 5.41) is 2.22. The van der Waals surface area contributed by atoms with Gasteiger partial charge in [0, 0.05) is 0 Å². The highest BCUT2D eigenvalue weighted by Gasteiger charge is 2.03. The molecule has 0 aromatic heterocycles. The van der Waals surface area contributed by atoms with Crippen molar-refractivity contribution in [2.24, 2.45) is 0 Å². The van der Waals surface area contributed by atoms with Crippen LogP contribution in [0.2, 0.25) is 0 Å². The van der Waals surface area contributed by atoms with Crippen LogP contribution in [0.3, 0.4) is 0 Å². The van der Waals surface area contributed by atoms with E-state index in [-0.39, 0.29) is 0 Å². The second-order valence-electron chi connectivity index (χ2n) is 3.63. The molecule has 0 aliphatic carbocycles. The van der Waals surface area contributed by atoms with Crippen LogP contribution in [0.1, 0.15) is 20.3 Å². The molecule has 0 saturated carbocycles. The van der Waals surface area contributed by atoms with E-state index in [9.17, 15) is 0 Å². The van der Waals surface area contributed by atoms with E-state index < -0.39 is 0 Å². The van der Waals surface area contributed by atoms with E-state index in [2.05, 4.69) is 19.2 Å². The lowest BCUT2D eigenvalue weighted by atomic mass is 10.3. The third-order valence-corrected chi connectivity index (χ3v) is 2.18. The van der Waals surface area contributed by atoms with Crippen molar-refractivity contribution >= 4 is 0 Å². The zero-order chi connectivity index (χ0) is 11.6. The molecule has 0 aliphatic rings. The van der Waals surface area contributed by atoms with Gasteiger partial charge in [0.25, 0.3) is 0 Å². The van der Waals surface area contributed by atoms with Crippen LogP contribution in [0.15, 0.2) is 24.3 Å². The van der Waals surface area contributed by atoms with E-state index in [0.29, 0.717) is 0 Å². The summed E-state index contributed by atoms with van der Waals surface area (Å²) < 4.78 is 11.3. The summed E-state index contributed by atoms with van der Waals surface area (Å²) in [6, 6.07) is 7.85. The highest BCUT2D eigenvalue weighted by Crippen LogP contribution is 2.26. The molecule has 0 aliphatic heterocycles. The Morgan fingerprint density at radius 2 is 1.62 bits per heavy atom. The summed E-state index contributed by atoms with van der Waals surface area (Å²) in [6.45, 7) is 7.77. The minimum absolute atomic E-state index is 0.723. The molecule has 0 amide bonds. The molecule has 0 atom stereocenters. The number of ether oxygens (including phenoxy) is 2. The van der Waals surface area contributed by atoms with Gasteiger partial charge in [-0.3, -0.25) is 0 Å². The third kappa shape index (κ3) is 4.53. The molecular weight excluding hydrogens is 202 g/mol. The van der Waals surface area contributed by atoms with Crippen LogP contribution in [-0.4, -0.2) is 26.3 Å².